The van der Waals surface area contributed by atoms with Gasteiger partial charge in [0.15, 0.2) is 23.2 Å². The third-order valence-electron chi connectivity index (χ3n) is 4.09. The summed E-state index contributed by atoms with van der Waals surface area (Å²) >= 11 is 0. The standard InChI is InChI=1S/C14H19N5O6/c1-4(2)7(21)11-16-6-10(17-14(15)18-12(6)24)19(11)13-9(23)8(22)5(3-20)25-13/h4-5,8-9,13,20,22-23H,3H2,1-2H3,(H3,15,17,18,24)/t5-,8-,9+,13-/m1/s1. The Bertz CT molecular complexity index is 874. The summed E-state index contributed by atoms with van der Waals surface area (Å²) in [5, 5.41) is 29.5. The zero-order chi connectivity index (χ0) is 18.5. The van der Waals surface area contributed by atoms with Crippen LogP contribution in [0.3, 0.4) is 0 Å². The lowest BCUT2D eigenvalue weighted by atomic mass is 10.1. The molecule has 4 atom stereocenters. The lowest BCUT2D eigenvalue weighted by molar-refractivity contribution is -0.0518. The van der Waals surface area contributed by atoms with E-state index in [1.165, 1.54) is 0 Å². The quantitative estimate of drug-likeness (QED) is 0.395. The van der Waals surface area contributed by atoms with Crippen LogP contribution in [0.25, 0.3) is 11.2 Å². The maximum absolute atomic E-state index is 12.5. The summed E-state index contributed by atoms with van der Waals surface area (Å²) in [6.45, 7) is 2.76. The minimum atomic E-state index is -1.46. The maximum atomic E-state index is 12.5. The van der Waals surface area contributed by atoms with Gasteiger partial charge in [0, 0.05) is 5.92 Å². The third kappa shape index (κ3) is 2.70. The number of H-pyrrole nitrogens is 1. The zero-order valence-corrected chi connectivity index (χ0v) is 13.6. The van der Waals surface area contributed by atoms with E-state index in [1.807, 2.05) is 0 Å². The molecule has 136 valence electrons. The Kier molecular flexibility index (Phi) is 4.33. The number of aliphatic hydroxyl groups excluding tert-OH is 3. The summed E-state index contributed by atoms with van der Waals surface area (Å²) in [6, 6.07) is 0. The maximum Gasteiger partial charge on any atom is 0.280 e. The highest BCUT2D eigenvalue weighted by Crippen LogP contribution is 2.33. The van der Waals surface area contributed by atoms with Crippen LogP contribution < -0.4 is 11.3 Å². The van der Waals surface area contributed by atoms with E-state index in [4.69, 9.17) is 10.5 Å². The van der Waals surface area contributed by atoms with Gasteiger partial charge in [-0.2, -0.15) is 4.98 Å². The Morgan fingerprint density at radius 3 is 2.60 bits per heavy atom. The van der Waals surface area contributed by atoms with Gasteiger partial charge in [-0.3, -0.25) is 19.1 Å². The molecule has 3 heterocycles. The van der Waals surface area contributed by atoms with Crippen LogP contribution in [0.1, 0.15) is 30.7 Å². The summed E-state index contributed by atoms with van der Waals surface area (Å²) in [5.41, 5.74) is 4.72. The highest BCUT2D eigenvalue weighted by atomic mass is 16.6. The number of nitrogen functional groups attached to an aromatic ring is 1. The van der Waals surface area contributed by atoms with E-state index in [0.717, 1.165) is 4.57 Å². The van der Waals surface area contributed by atoms with Crippen molar-refractivity contribution in [3.63, 3.8) is 0 Å². The van der Waals surface area contributed by atoms with Crippen molar-refractivity contribution >= 4 is 22.9 Å². The van der Waals surface area contributed by atoms with Gasteiger partial charge < -0.3 is 25.8 Å². The van der Waals surface area contributed by atoms with Gasteiger partial charge in [0.1, 0.15) is 18.3 Å². The van der Waals surface area contributed by atoms with Crippen molar-refractivity contribution in [2.45, 2.75) is 38.4 Å². The number of nitrogens with zero attached hydrogens (tertiary/aromatic N) is 3. The molecule has 0 unspecified atom stereocenters. The number of fused-ring (bicyclic) bond motifs is 1. The SMILES string of the molecule is CC(C)C(=O)c1nc2c(=O)[nH]c(N)nc2n1[C@@H]1O[C@H](CO)[C@@H](O)[C@@H]1O. The second kappa shape index (κ2) is 6.19. The minimum Gasteiger partial charge on any atom is -0.394 e. The molecule has 11 heteroatoms. The van der Waals surface area contributed by atoms with E-state index in [0.29, 0.717) is 0 Å². The fraction of sp³-hybridized carbons (Fsp3) is 0.571. The molecule has 0 spiro atoms. The van der Waals surface area contributed by atoms with Crippen molar-refractivity contribution in [2.75, 3.05) is 12.3 Å². The molecule has 6 N–H and O–H groups in total. The number of anilines is 1. The number of imidazole rings is 1. The van der Waals surface area contributed by atoms with E-state index in [1.54, 1.807) is 13.8 Å². The summed E-state index contributed by atoms with van der Waals surface area (Å²) in [6.07, 6.45) is -5.16. The number of hydrogen-bond acceptors (Lipinski definition) is 9. The number of carbonyl (C=O) groups is 1. The van der Waals surface area contributed by atoms with Crippen LogP contribution in [0.2, 0.25) is 0 Å². The van der Waals surface area contributed by atoms with Crippen molar-refractivity contribution in [3.8, 4) is 0 Å². The smallest absolute Gasteiger partial charge is 0.280 e. The molecular formula is C14H19N5O6. The second-order valence-electron chi connectivity index (χ2n) is 6.18. The molecule has 3 rings (SSSR count). The Labute approximate surface area is 141 Å². The molecule has 1 saturated heterocycles. The lowest BCUT2D eigenvalue weighted by Crippen LogP contribution is -2.33. The van der Waals surface area contributed by atoms with Crippen LogP contribution in [0.5, 0.6) is 0 Å². The number of ketones is 1. The topological polar surface area (TPSA) is 177 Å². The van der Waals surface area contributed by atoms with Crippen LogP contribution in [-0.2, 0) is 4.74 Å². The first-order valence-electron chi connectivity index (χ1n) is 7.70. The molecule has 0 bridgehead atoms. The molecule has 0 saturated carbocycles. The van der Waals surface area contributed by atoms with Gasteiger partial charge in [-0.05, 0) is 0 Å². The van der Waals surface area contributed by atoms with Gasteiger partial charge in [-0.25, -0.2) is 4.98 Å². The summed E-state index contributed by atoms with van der Waals surface area (Å²) < 4.78 is 6.61. The highest BCUT2D eigenvalue weighted by molar-refractivity contribution is 5.97. The molecule has 0 radical (unpaired) electrons. The number of aliphatic hydroxyl groups is 3. The van der Waals surface area contributed by atoms with Gasteiger partial charge in [0.05, 0.1) is 6.61 Å². The van der Waals surface area contributed by atoms with Crippen molar-refractivity contribution in [1.82, 2.24) is 19.5 Å². The van der Waals surface area contributed by atoms with Crippen molar-refractivity contribution < 1.29 is 24.9 Å². The molecule has 1 aliphatic heterocycles. The van der Waals surface area contributed by atoms with Crippen molar-refractivity contribution in [3.05, 3.63) is 16.2 Å². The van der Waals surface area contributed by atoms with E-state index < -0.39 is 48.4 Å². The summed E-state index contributed by atoms with van der Waals surface area (Å²) in [7, 11) is 0. The van der Waals surface area contributed by atoms with E-state index in [2.05, 4.69) is 15.0 Å². The number of aromatic nitrogens is 4. The van der Waals surface area contributed by atoms with Crippen LogP contribution in [0.15, 0.2) is 4.79 Å². The Hall–Kier alpha value is -2.34. The number of aromatic amines is 1. The highest BCUT2D eigenvalue weighted by Gasteiger charge is 2.45. The Morgan fingerprint density at radius 1 is 1.36 bits per heavy atom. The van der Waals surface area contributed by atoms with Gasteiger partial charge in [0.2, 0.25) is 11.7 Å². The number of Topliss-reactive ketones (excluding diaryl/α,β-unsaturated/α-hetero) is 1. The molecule has 2 aromatic heterocycles. The van der Waals surface area contributed by atoms with E-state index >= 15 is 0 Å². The first-order valence-corrected chi connectivity index (χ1v) is 7.70. The first kappa shape index (κ1) is 17.5. The number of rotatable bonds is 4. The number of carbonyl (C=O) groups excluding carboxylic acids is 1. The number of nitrogens with one attached hydrogen (secondary N) is 1. The molecule has 0 amide bonds. The molecule has 25 heavy (non-hydrogen) atoms. The predicted octanol–water partition coefficient (Wildman–Crippen LogP) is -1.85. The Morgan fingerprint density at radius 2 is 2.04 bits per heavy atom. The van der Waals surface area contributed by atoms with Crippen molar-refractivity contribution in [1.29, 1.82) is 0 Å². The second-order valence-corrected chi connectivity index (χ2v) is 6.18. The van der Waals surface area contributed by atoms with Crippen LogP contribution in [-0.4, -0.2) is 65.5 Å². The lowest BCUT2D eigenvalue weighted by Gasteiger charge is -2.19. The van der Waals surface area contributed by atoms with Crippen LogP contribution >= 0.6 is 0 Å². The fourth-order valence-corrected chi connectivity index (χ4v) is 2.77. The predicted molar refractivity (Wildman–Crippen MR) is 84.7 cm³/mol. The largest absolute Gasteiger partial charge is 0.394 e. The molecular weight excluding hydrogens is 334 g/mol. The summed E-state index contributed by atoms with van der Waals surface area (Å²) in [4.78, 5) is 34.9. The number of ether oxygens (including phenoxy) is 1. The number of nitrogens with two attached hydrogens (primary N) is 1. The van der Waals surface area contributed by atoms with Crippen LogP contribution in [0, 0.1) is 5.92 Å². The molecule has 0 aliphatic carbocycles. The molecule has 11 nitrogen and oxygen atoms in total. The molecule has 1 fully saturated rings. The molecule has 0 aromatic carbocycles. The normalized spacial score (nSPS) is 26.6. The van der Waals surface area contributed by atoms with E-state index in [9.17, 15) is 24.9 Å². The van der Waals surface area contributed by atoms with E-state index in [-0.39, 0.29) is 22.9 Å². The third-order valence-corrected chi connectivity index (χ3v) is 4.09. The van der Waals surface area contributed by atoms with Crippen molar-refractivity contribution in [2.24, 2.45) is 5.92 Å². The first-order chi connectivity index (χ1) is 11.8. The summed E-state index contributed by atoms with van der Waals surface area (Å²) in [5.74, 6) is -1.21. The van der Waals surface area contributed by atoms with Gasteiger partial charge in [-0.1, -0.05) is 13.8 Å². The monoisotopic (exact) mass is 353 g/mol. The average Bonchev–Trinajstić information content (AvgIpc) is 3.05. The Balaban J connectivity index is 2.26. The van der Waals surface area contributed by atoms with Crippen LogP contribution in [0.4, 0.5) is 5.95 Å². The van der Waals surface area contributed by atoms with Gasteiger partial charge in [-0.15, -0.1) is 0 Å². The molecule has 2 aromatic rings. The number of hydrogen-bond donors (Lipinski definition) is 5. The average molecular weight is 353 g/mol. The zero-order valence-electron chi connectivity index (χ0n) is 13.6. The van der Waals surface area contributed by atoms with Gasteiger partial charge >= 0.3 is 0 Å². The minimum absolute atomic E-state index is 0.0555. The fourth-order valence-electron chi connectivity index (χ4n) is 2.77. The van der Waals surface area contributed by atoms with Gasteiger partial charge in [0.25, 0.3) is 5.56 Å². The molecule has 1 aliphatic rings.